The molecule has 1 atom stereocenters. The van der Waals surface area contributed by atoms with Crippen molar-refractivity contribution in [2.24, 2.45) is 0 Å². The first kappa shape index (κ1) is 15.2. The number of aryl methyl sites for hydroxylation is 2. The Kier molecular flexibility index (Phi) is 4.60. The van der Waals surface area contributed by atoms with Gasteiger partial charge in [-0.2, -0.15) is 5.10 Å². The average Bonchev–Trinajstić information content (AvgIpc) is 2.83. The van der Waals surface area contributed by atoms with Crippen LogP contribution in [0.1, 0.15) is 48.5 Å². The van der Waals surface area contributed by atoms with Gasteiger partial charge in [0.05, 0.1) is 6.10 Å². The molecule has 0 aliphatic carbocycles. The van der Waals surface area contributed by atoms with E-state index in [2.05, 4.69) is 39.9 Å². The molecule has 0 aliphatic heterocycles. The number of aliphatic hydroxyl groups is 1. The van der Waals surface area contributed by atoms with Gasteiger partial charge in [-0.3, -0.25) is 0 Å². The minimum atomic E-state index is -0.567. The first-order chi connectivity index (χ1) is 9.40. The van der Waals surface area contributed by atoms with Crippen LogP contribution in [-0.4, -0.2) is 19.9 Å². The molecule has 0 bridgehead atoms. The van der Waals surface area contributed by atoms with E-state index in [4.69, 9.17) is 0 Å². The molecule has 4 nitrogen and oxygen atoms in total. The lowest BCUT2D eigenvalue weighted by Gasteiger charge is -2.15. The van der Waals surface area contributed by atoms with E-state index in [9.17, 15) is 5.11 Å². The van der Waals surface area contributed by atoms with Crippen LogP contribution in [-0.2, 0) is 6.42 Å². The molecule has 0 spiro atoms. The third kappa shape index (κ3) is 3.10. The number of rotatable bonds is 4. The van der Waals surface area contributed by atoms with Gasteiger partial charge in [0.1, 0.15) is 12.2 Å². The second-order valence-electron chi connectivity index (χ2n) is 5.40. The first-order valence-electron chi connectivity index (χ1n) is 6.73. The summed E-state index contributed by atoms with van der Waals surface area (Å²) in [5.74, 6) is 0.811. The Hall–Kier alpha value is -1.20. The maximum absolute atomic E-state index is 10.4. The van der Waals surface area contributed by atoms with Crippen LogP contribution < -0.4 is 0 Å². The SMILES string of the molecule is Cc1cc(C(O)Cc2ncnn2C(C)C)cc(C)c1Br. The summed E-state index contributed by atoms with van der Waals surface area (Å²) in [5, 5.41) is 14.6. The van der Waals surface area contributed by atoms with E-state index in [-0.39, 0.29) is 6.04 Å². The summed E-state index contributed by atoms with van der Waals surface area (Å²) >= 11 is 3.55. The highest BCUT2D eigenvalue weighted by atomic mass is 79.9. The first-order valence-corrected chi connectivity index (χ1v) is 7.52. The molecule has 0 radical (unpaired) electrons. The van der Waals surface area contributed by atoms with Crippen molar-refractivity contribution in [2.45, 2.75) is 46.3 Å². The summed E-state index contributed by atoms with van der Waals surface area (Å²) in [7, 11) is 0. The van der Waals surface area contributed by atoms with Gasteiger partial charge in [0.15, 0.2) is 0 Å². The quantitative estimate of drug-likeness (QED) is 0.928. The van der Waals surface area contributed by atoms with Gasteiger partial charge in [0, 0.05) is 16.9 Å². The van der Waals surface area contributed by atoms with E-state index >= 15 is 0 Å². The monoisotopic (exact) mass is 337 g/mol. The zero-order valence-electron chi connectivity index (χ0n) is 12.3. The highest BCUT2D eigenvalue weighted by Gasteiger charge is 2.16. The molecule has 108 valence electrons. The molecule has 0 amide bonds. The fourth-order valence-electron chi connectivity index (χ4n) is 2.31. The highest BCUT2D eigenvalue weighted by Crippen LogP contribution is 2.27. The van der Waals surface area contributed by atoms with Crippen molar-refractivity contribution >= 4 is 15.9 Å². The molecule has 1 aromatic carbocycles. The van der Waals surface area contributed by atoms with Crippen molar-refractivity contribution in [1.82, 2.24) is 14.8 Å². The molecule has 1 aromatic heterocycles. The van der Waals surface area contributed by atoms with Gasteiger partial charge >= 0.3 is 0 Å². The van der Waals surface area contributed by atoms with Crippen molar-refractivity contribution in [3.05, 3.63) is 45.4 Å². The van der Waals surface area contributed by atoms with Gasteiger partial charge in [-0.05, 0) is 44.4 Å². The second kappa shape index (κ2) is 6.06. The summed E-state index contributed by atoms with van der Waals surface area (Å²) in [6.45, 7) is 8.17. The number of aromatic nitrogens is 3. The summed E-state index contributed by atoms with van der Waals surface area (Å²) in [4.78, 5) is 4.25. The van der Waals surface area contributed by atoms with E-state index in [0.29, 0.717) is 6.42 Å². The standard InChI is InChI=1S/C15H20BrN3O/c1-9(2)19-14(17-8-18-19)7-13(20)12-5-10(3)15(16)11(4)6-12/h5-6,8-9,13,20H,7H2,1-4H3. The molecular weight excluding hydrogens is 318 g/mol. The van der Waals surface area contributed by atoms with Crippen LogP contribution in [0.25, 0.3) is 0 Å². The Labute approximate surface area is 128 Å². The Bertz CT molecular complexity index is 584. The predicted molar refractivity (Wildman–Crippen MR) is 82.7 cm³/mol. The van der Waals surface area contributed by atoms with Gasteiger partial charge < -0.3 is 5.11 Å². The molecule has 0 saturated heterocycles. The third-order valence-electron chi connectivity index (χ3n) is 3.36. The Morgan fingerprint density at radius 1 is 1.25 bits per heavy atom. The highest BCUT2D eigenvalue weighted by molar-refractivity contribution is 9.10. The van der Waals surface area contributed by atoms with Crippen molar-refractivity contribution in [3.8, 4) is 0 Å². The Morgan fingerprint density at radius 3 is 2.40 bits per heavy atom. The van der Waals surface area contributed by atoms with Crippen molar-refractivity contribution < 1.29 is 5.11 Å². The summed E-state index contributed by atoms with van der Waals surface area (Å²) in [6.07, 6.45) is 1.45. The molecule has 1 unspecified atom stereocenters. The number of benzene rings is 1. The van der Waals surface area contributed by atoms with Crippen LogP contribution in [0.5, 0.6) is 0 Å². The van der Waals surface area contributed by atoms with E-state index in [0.717, 1.165) is 27.0 Å². The van der Waals surface area contributed by atoms with E-state index < -0.39 is 6.10 Å². The number of hydrogen-bond donors (Lipinski definition) is 1. The fraction of sp³-hybridized carbons (Fsp3) is 0.467. The van der Waals surface area contributed by atoms with E-state index in [1.807, 2.05) is 30.7 Å². The lowest BCUT2D eigenvalue weighted by atomic mass is 10.0. The molecule has 2 rings (SSSR count). The molecule has 5 heteroatoms. The van der Waals surface area contributed by atoms with Crippen molar-refractivity contribution in [3.63, 3.8) is 0 Å². The van der Waals surface area contributed by atoms with Gasteiger partial charge in [-0.15, -0.1) is 0 Å². The van der Waals surface area contributed by atoms with Crippen LogP contribution in [0.15, 0.2) is 22.9 Å². The predicted octanol–water partition coefficient (Wildman–Crippen LogP) is 3.51. The van der Waals surface area contributed by atoms with Crippen LogP contribution in [0.3, 0.4) is 0 Å². The lowest BCUT2D eigenvalue weighted by Crippen LogP contribution is -2.12. The maximum atomic E-state index is 10.4. The van der Waals surface area contributed by atoms with Gasteiger partial charge in [-0.25, -0.2) is 9.67 Å². The molecule has 0 aliphatic rings. The maximum Gasteiger partial charge on any atom is 0.138 e. The molecule has 20 heavy (non-hydrogen) atoms. The average molecular weight is 338 g/mol. The third-order valence-corrected chi connectivity index (χ3v) is 4.61. The van der Waals surface area contributed by atoms with Crippen LogP contribution in [0, 0.1) is 13.8 Å². The molecule has 0 saturated carbocycles. The summed E-state index contributed by atoms with van der Waals surface area (Å²) in [6, 6.07) is 4.27. The fourth-order valence-corrected chi connectivity index (χ4v) is 2.54. The largest absolute Gasteiger partial charge is 0.388 e. The topological polar surface area (TPSA) is 50.9 Å². The molecule has 1 N–H and O–H groups in total. The van der Waals surface area contributed by atoms with E-state index in [1.165, 1.54) is 0 Å². The van der Waals surface area contributed by atoms with Crippen molar-refractivity contribution in [2.75, 3.05) is 0 Å². The molecule has 1 heterocycles. The second-order valence-corrected chi connectivity index (χ2v) is 6.20. The molecule has 0 fully saturated rings. The Morgan fingerprint density at radius 2 is 1.85 bits per heavy atom. The van der Waals surface area contributed by atoms with Crippen LogP contribution >= 0.6 is 15.9 Å². The zero-order chi connectivity index (χ0) is 14.9. The number of halogens is 1. The summed E-state index contributed by atoms with van der Waals surface area (Å²) in [5.41, 5.74) is 3.18. The normalized spacial score (nSPS) is 12.9. The van der Waals surface area contributed by atoms with Crippen LogP contribution in [0.2, 0.25) is 0 Å². The van der Waals surface area contributed by atoms with Gasteiger partial charge in [0.2, 0.25) is 0 Å². The minimum Gasteiger partial charge on any atom is -0.388 e. The van der Waals surface area contributed by atoms with E-state index in [1.54, 1.807) is 6.33 Å². The smallest absolute Gasteiger partial charge is 0.138 e. The van der Waals surface area contributed by atoms with Crippen molar-refractivity contribution in [1.29, 1.82) is 0 Å². The van der Waals surface area contributed by atoms with Crippen LogP contribution in [0.4, 0.5) is 0 Å². The number of aliphatic hydroxyl groups excluding tert-OH is 1. The Balaban J connectivity index is 2.24. The number of hydrogen-bond acceptors (Lipinski definition) is 3. The minimum absolute atomic E-state index is 0.244. The summed E-state index contributed by atoms with van der Waals surface area (Å²) < 4.78 is 2.95. The lowest BCUT2D eigenvalue weighted by molar-refractivity contribution is 0.173. The number of nitrogens with zero attached hydrogens (tertiary/aromatic N) is 3. The van der Waals surface area contributed by atoms with Gasteiger partial charge in [-0.1, -0.05) is 28.1 Å². The zero-order valence-corrected chi connectivity index (χ0v) is 13.8. The molecular formula is C15H20BrN3O. The van der Waals surface area contributed by atoms with Gasteiger partial charge in [0.25, 0.3) is 0 Å². The molecule has 2 aromatic rings.